The molecule has 8 heteroatoms. The van der Waals surface area contributed by atoms with Crippen LogP contribution in [0.3, 0.4) is 0 Å². The van der Waals surface area contributed by atoms with E-state index in [9.17, 15) is 19.7 Å². The van der Waals surface area contributed by atoms with Crippen molar-refractivity contribution in [3.05, 3.63) is 70.3 Å². The highest BCUT2D eigenvalue weighted by molar-refractivity contribution is 6.02. The van der Waals surface area contributed by atoms with E-state index in [0.29, 0.717) is 11.3 Å². The Morgan fingerprint density at radius 2 is 1.76 bits per heavy atom. The van der Waals surface area contributed by atoms with E-state index in [1.165, 1.54) is 18.2 Å². The molecule has 1 saturated heterocycles. The van der Waals surface area contributed by atoms with Crippen LogP contribution in [0, 0.1) is 16.0 Å². The van der Waals surface area contributed by atoms with Crippen LogP contribution in [0.25, 0.3) is 6.08 Å². The molecule has 8 nitrogen and oxygen atoms in total. The van der Waals surface area contributed by atoms with Gasteiger partial charge in [0, 0.05) is 42.5 Å². The van der Waals surface area contributed by atoms with Gasteiger partial charge < -0.3 is 16.0 Å². The molecule has 1 heterocycles. The molecule has 1 fully saturated rings. The zero-order chi connectivity index (χ0) is 20.8. The molecule has 2 aromatic carbocycles. The second-order valence-electron chi connectivity index (χ2n) is 6.85. The number of hydrogen-bond donors (Lipinski definition) is 2. The molecule has 2 aromatic rings. The standard InChI is InChI=1S/C21H22N4O4/c22-21(27)16-11-13-24(14-12-16)18-8-6-17(7-9-18)23-20(26)10-5-15-3-1-2-4-19(15)25(28)29/h1-10,16H,11-14H2,(H2,22,27)(H,23,26). The number of piperidine rings is 1. The van der Waals surface area contributed by atoms with E-state index in [0.717, 1.165) is 31.6 Å². The van der Waals surface area contributed by atoms with Crippen molar-refractivity contribution in [2.45, 2.75) is 12.8 Å². The highest BCUT2D eigenvalue weighted by Gasteiger charge is 2.23. The minimum atomic E-state index is -0.484. The molecule has 0 atom stereocenters. The van der Waals surface area contributed by atoms with E-state index in [-0.39, 0.29) is 23.4 Å². The SMILES string of the molecule is NC(=O)C1CCN(c2ccc(NC(=O)C=Cc3ccccc3[N+](=O)[O-])cc2)CC1. The second kappa shape index (κ2) is 9.01. The number of nitro benzene ring substituents is 1. The molecule has 2 amide bonds. The van der Waals surface area contributed by atoms with Crippen LogP contribution in [0.5, 0.6) is 0 Å². The third-order valence-corrected chi connectivity index (χ3v) is 4.95. The predicted octanol–water partition coefficient (Wildman–Crippen LogP) is 2.95. The third-order valence-electron chi connectivity index (χ3n) is 4.95. The van der Waals surface area contributed by atoms with Crippen LogP contribution in [-0.4, -0.2) is 29.8 Å². The van der Waals surface area contributed by atoms with E-state index in [1.807, 2.05) is 12.1 Å². The van der Waals surface area contributed by atoms with Crippen molar-refractivity contribution >= 4 is 35.0 Å². The smallest absolute Gasteiger partial charge is 0.276 e. The zero-order valence-corrected chi connectivity index (χ0v) is 15.8. The Balaban J connectivity index is 1.58. The minimum Gasteiger partial charge on any atom is -0.371 e. The number of carbonyl (C=O) groups is 2. The van der Waals surface area contributed by atoms with E-state index in [2.05, 4.69) is 10.2 Å². The van der Waals surface area contributed by atoms with Crippen LogP contribution in [0.15, 0.2) is 54.6 Å². The number of primary amides is 1. The van der Waals surface area contributed by atoms with Crippen molar-refractivity contribution in [3.8, 4) is 0 Å². The maximum absolute atomic E-state index is 12.1. The molecular weight excluding hydrogens is 372 g/mol. The van der Waals surface area contributed by atoms with Crippen molar-refractivity contribution in [1.29, 1.82) is 0 Å². The first kappa shape index (κ1) is 20.1. The second-order valence-corrected chi connectivity index (χ2v) is 6.85. The van der Waals surface area contributed by atoms with Crippen LogP contribution < -0.4 is 16.0 Å². The monoisotopic (exact) mass is 394 g/mol. The molecule has 0 saturated carbocycles. The molecule has 29 heavy (non-hydrogen) atoms. The average molecular weight is 394 g/mol. The Morgan fingerprint density at radius 3 is 2.38 bits per heavy atom. The lowest BCUT2D eigenvalue weighted by atomic mass is 9.96. The molecule has 0 radical (unpaired) electrons. The molecule has 0 bridgehead atoms. The molecule has 0 spiro atoms. The van der Waals surface area contributed by atoms with Gasteiger partial charge in [-0.3, -0.25) is 19.7 Å². The zero-order valence-electron chi connectivity index (χ0n) is 15.8. The summed E-state index contributed by atoms with van der Waals surface area (Å²) in [7, 11) is 0. The summed E-state index contributed by atoms with van der Waals surface area (Å²) in [5, 5.41) is 13.8. The summed E-state index contributed by atoms with van der Waals surface area (Å²) < 4.78 is 0. The van der Waals surface area contributed by atoms with Crippen LogP contribution in [0.4, 0.5) is 17.1 Å². The lowest BCUT2D eigenvalue weighted by molar-refractivity contribution is -0.385. The Bertz CT molecular complexity index is 932. The molecule has 1 aliphatic heterocycles. The number of nitrogens with two attached hydrogens (primary N) is 1. The molecule has 0 aromatic heterocycles. The third kappa shape index (κ3) is 5.19. The van der Waals surface area contributed by atoms with Gasteiger partial charge in [0.1, 0.15) is 0 Å². The van der Waals surface area contributed by atoms with Crippen LogP contribution >= 0.6 is 0 Å². The van der Waals surface area contributed by atoms with Crippen molar-refractivity contribution < 1.29 is 14.5 Å². The minimum absolute atomic E-state index is 0.0546. The Kier molecular flexibility index (Phi) is 6.23. The molecule has 3 N–H and O–H groups in total. The van der Waals surface area contributed by atoms with Crippen LogP contribution in [-0.2, 0) is 9.59 Å². The molecule has 1 aliphatic rings. The van der Waals surface area contributed by atoms with Gasteiger partial charge in [0.15, 0.2) is 0 Å². The van der Waals surface area contributed by atoms with E-state index < -0.39 is 4.92 Å². The molecular formula is C21H22N4O4. The quantitative estimate of drug-likeness (QED) is 0.444. The largest absolute Gasteiger partial charge is 0.371 e. The lowest BCUT2D eigenvalue weighted by Gasteiger charge is -2.32. The van der Waals surface area contributed by atoms with Gasteiger partial charge >= 0.3 is 0 Å². The summed E-state index contributed by atoms with van der Waals surface area (Å²) >= 11 is 0. The Morgan fingerprint density at radius 1 is 1.10 bits per heavy atom. The number of amides is 2. The number of nitrogens with zero attached hydrogens (tertiary/aromatic N) is 2. The summed E-state index contributed by atoms with van der Waals surface area (Å²) in [4.78, 5) is 36.1. The van der Waals surface area contributed by atoms with Gasteiger partial charge in [-0.2, -0.15) is 0 Å². The predicted molar refractivity (Wildman–Crippen MR) is 111 cm³/mol. The average Bonchev–Trinajstić information content (AvgIpc) is 2.73. The number of nitro groups is 1. The maximum atomic E-state index is 12.1. The summed E-state index contributed by atoms with van der Waals surface area (Å²) in [6.07, 6.45) is 4.17. The summed E-state index contributed by atoms with van der Waals surface area (Å²) in [5.74, 6) is -0.674. The van der Waals surface area contributed by atoms with Gasteiger partial charge in [-0.05, 0) is 49.2 Å². The highest BCUT2D eigenvalue weighted by atomic mass is 16.6. The Hall–Kier alpha value is -3.68. The number of rotatable bonds is 6. The van der Waals surface area contributed by atoms with Gasteiger partial charge in [-0.25, -0.2) is 0 Å². The van der Waals surface area contributed by atoms with E-state index in [1.54, 1.807) is 30.3 Å². The topological polar surface area (TPSA) is 119 Å². The molecule has 0 unspecified atom stereocenters. The first-order valence-corrected chi connectivity index (χ1v) is 9.31. The summed E-state index contributed by atoms with van der Waals surface area (Å²) in [6, 6.07) is 13.6. The van der Waals surface area contributed by atoms with Crippen molar-refractivity contribution in [2.75, 3.05) is 23.3 Å². The number of carbonyl (C=O) groups excluding carboxylic acids is 2. The molecule has 3 rings (SSSR count). The first-order valence-electron chi connectivity index (χ1n) is 9.31. The van der Waals surface area contributed by atoms with Gasteiger partial charge in [0.05, 0.1) is 10.5 Å². The van der Waals surface area contributed by atoms with Gasteiger partial charge in [-0.1, -0.05) is 12.1 Å². The van der Waals surface area contributed by atoms with Crippen molar-refractivity contribution in [1.82, 2.24) is 0 Å². The number of para-hydroxylation sites is 1. The van der Waals surface area contributed by atoms with Crippen LogP contribution in [0.1, 0.15) is 18.4 Å². The normalized spacial score (nSPS) is 14.7. The fraction of sp³-hybridized carbons (Fsp3) is 0.238. The molecule has 0 aliphatic carbocycles. The first-order chi connectivity index (χ1) is 13.9. The number of nitrogens with one attached hydrogen (secondary N) is 1. The molecule has 150 valence electrons. The van der Waals surface area contributed by atoms with Gasteiger partial charge in [0.2, 0.25) is 11.8 Å². The lowest BCUT2D eigenvalue weighted by Crippen LogP contribution is -2.38. The fourth-order valence-electron chi connectivity index (χ4n) is 3.32. The van der Waals surface area contributed by atoms with Gasteiger partial charge in [-0.15, -0.1) is 0 Å². The number of anilines is 2. The van der Waals surface area contributed by atoms with Crippen molar-refractivity contribution in [2.24, 2.45) is 11.7 Å². The summed E-state index contributed by atoms with van der Waals surface area (Å²) in [5.41, 5.74) is 7.31. The number of benzene rings is 2. The maximum Gasteiger partial charge on any atom is 0.276 e. The van der Waals surface area contributed by atoms with E-state index >= 15 is 0 Å². The van der Waals surface area contributed by atoms with E-state index in [4.69, 9.17) is 5.73 Å². The fourth-order valence-corrected chi connectivity index (χ4v) is 3.32. The summed E-state index contributed by atoms with van der Waals surface area (Å²) in [6.45, 7) is 1.52. The Labute approximate surface area is 168 Å². The van der Waals surface area contributed by atoms with Gasteiger partial charge in [0.25, 0.3) is 5.69 Å². The van der Waals surface area contributed by atoms with Crippen LogP contribution in [0.2, 0.25) is 0 Å². The van der Waals surface area contributed by atoms with Crippen molar-refractivity contribution in [3.63, 3.8) is 0 Å². The number of hydrogen-bond acceptors (Lipinski definition) is 5. The highest BCUT2D eigenvalue weighted by Crippen LogP contribution is 2.24.